The molecule has 1 fully saturated rings. The molecule has 0 aliphatic carbocycles. The summed E-state index contributed by atoms with van der Waals surface area (Å²) in [4.78, 5) is 8.22. The fourth-order valence-electron chi connectivity index (χ4n) is 2.29. The van der Waals surface area contributed by atoms with Crippen molar-refractivity contribution in [1.82, 2.24) is 9.97 Å². The molecule has 0 saturated carbocycles. The van der Waals surface area contributed by atoms with Crippen LogP contribution in [0, 0.1) is 0 Å². The van der Waals surface area contributed by atoms with Gasteiger partial charge in [0.2, 0.25) is 5.88 Å². The van der Waals surface area contributed by atoms with E-state index in [1.54, 1.807) is 0 Å². The predicted molar refractivity (Wildman–Crippen MR) is 74.3 cm³/mol. The van der Waals surface area contributed by atoms with Gasteiger partial charge in [-0.1, -0.05) is 0 Å². The number of hydrogen-bond acceptors (Lipinski definition) is 6. The van der Waals surface area contributed by atoms with Crippen LogP contribution in [-0.4, -0.2) is 34.8 Å². The number of aromatic nitrogens is 2. The number of anilines is 2. The maximum atomic E-state index is 6.01. The molecule has 3 N–H and O–H groups in total. The summed E-state index contributed by atoms with van der Waals surface area (Å²) in [6, 6.07) is 0.301. The summed E-state index contributed by atoms with van der Waals surface area (Å²) in [6.45, 7) is 7.36. The Morgan fingerprint density at radius 3 is 3.00 bits per heavy atom. The first kappa shape index (κ1) is 13.9. The van der Waals surface area contributed by atoms with Crippen molar-refractivity contribution in [3.05, 3.63) is 6.33 Å². The summed E-state index contributed by atoms with van der Waals surface area (Å²) >= 11 is 0. The van der Waals surface area contributed by atoms with Crippen LogP contribution in [0.25, 0.3) is 0 Å². The van der Waals surface area contributed by atoms with Crippen molar-refractivity contribution in [2.45, 2.75) is 45.3 Å². The van der Waals surface area contributed by atoms with Gasteiger partial charge in [-0.15, -0.1) is 0 Å². The first-order valence-corrected chi connectivity index (χ1v) is 6.65. The van der Waals surface area contributed by atoms with Gasteiger partial charge in [0.25, 0.3) is 0 Å². The molecule has 1 aliphatic rings. The van der Waals surface area contributed by atoms with Crippen molar-refractivity contribution in [3.63, 3.8) is 0 Å². The minimum atomic E-state index is -0.111. The van der Waals surface area contributed by atoms with Gasteiger partial charge in [0.15, 0.2) is 5.82 Å². The zero-order valence-electron chi connectivity index (χ0n) is 11.8. The molecule has 0 radical (unpaired) electrons. The number of hydrogen-bond donors (Lipinski definition) is 2. The lowest BCUT2D eigenvalue weighted by atomic mass is 9.94. The van der Waals surface area contributed by atoms with E-state index in [1.165, 1.54) is 6.33 Å². The molecule has 6 heteroatoms. The monoisotopic (exact) mass is 266 g/mol. The minimum Gasteiger partial charge on any atom is -0.476 e. The Hall–Kier alpha value is -1.56. The van der Waals surface area contributed by atoms with Gasteiger partial charge in [0.1, 0.15) is 12.0 Å². The van der Waals surface area contributed by atoms with E-state index in [0.717, 1.165) is 19.4 Å². The van der Waals surface area contributed by atoms with Crippen molar-refractivity contribution < 1.29 is 9.47 Å². The number of ether oxygens (including phenoxy) is 2. The Balaban J connectivity index is 2.08. The predicted octanol–water partition coefficient (Wildman–Crippen LogP) is 1.83. The molecule has 1 aromatic heterocycles. The lowest BCUT2D eigenvalue weighted by molar-refractivity contribution is -0.0553. The largest absolute Gasteiger partial charge is 0.476 e. The van der Waals surface area contributed by atoms with Crippen LogP contribution in [0.4, 0.5) is 11.5 Å². The zero-order chi connectivity index (χ0) is 13.9. The number of nitrogens with zero attached hydrogens (tertiary/aromatic N) is 2. The number of nitrogen functional groups attached to an aromatic ring is 1. The first-order chi connectivity index (χ1) is 9.02. The Bertz CT molecular complexity index is 437. The molecule has 106 valence electrons. The standard InChI is InChI=1S/C13H22N4O2/c1-4-18-12-10(14)11(15-8-16-12)17-9-5-6-19-13(2,3)7-9/h8-9H,4-7,14H2,1-3H3,(H,15,16,17). The van der Waals surface area contributed by atoms with Gasteiger partial charge in [-0.05, 0) is 33.6 Å². The minimum absolute atomic E-state index is 0.111. The van der Waals surface area contributed by atoms with Gasteiger partial charge in [-0.25, -0.2) is 4.98 Å². The summed E-state index contributed by atoms with van der Waals surface area (Å²) in [5.41, 5.74) is 6.37. The van der Waals surface area contributed by atoms with Crippen LogP contribution in [-0.2, 0) is 4.74 Å². The molecule has 1 aliphatic heterocycles. The van der Waals surface area contributed by atoms with E-state index in [4.69, 9.17) is 15.2 Å². The SMILES string of the molecule is CCOc1ncnc(NC2CCOC(C)(C)C2)c1N. The molecule has 0 aromatic carbocycles. The van der Waals surface area contributed by atoms with Crippen molar-refractivity contribution in [2.75, 3.05) is 24.3 Å². The Morgan fingerprint density at radius 2 is 2.32 bits per heavy atom. The highest BCUT2D eigenvalue weighted by molar-refractivity contribution is 5.66. The molecular formula is C13H22N4O2. The second-order valence-corrected chi connectivity index (χ2v) is 5.32. The summed E-state index contributed by atoms with van der Waals surface area (Å²) in [6.07, 6.45) is 3.32. The summed E-state index contributed by atoms with van der Waals surface area (Å²) in [5, 5.41) is 3.37. The van der Waals surface area contributed by atoms with Crippen LogP contribution in [0.3, 0.4) is 0 Å². The normalized spacial score (nSPS) is 21.9. The van der Waals surface area contributed by atoms with E-state index < -0.39 is 0 Å². The molecule has 2 heterocycles. The van der Waals surface area contributed by atoms with E-state index in [0.29, 0.717) is 30.0 Å². The Labute approximate surface area is 113 Å². The van der Waals surface area contributed by atoms with E-state index in [1.807, 2.05) is 6.92 Å². The smallest absolute Gasteiger partial charge is 0.242 e. The van der Waals surface area contributed by atoms with Gasteiger partial charge >= 0.3 is 0 Å². The first-order valence-electron chi connectivity index (χ1n) is 6.65. The molecule has 19 heavy (non-hydrogen) atoms. The number of nitrogens with two attached hydrogens (primary N) is 1. The molecule has 1 aromatic rings. The lowest BCUT2D eigenvalue weighted by Crippen LogP contribution is -2.40. The highest BCUT2D eigenvalue weighted by Crippen LogP contribution is 2.29. The van der Waals surface area contributed by atoms with Crippen molar-refractivity contribution in [3.8, 4) is 5.88 Å². The zero-order valence-corrected chi connectivity index (χ0v) is 11.8. The van der Waals surface area contributed by atoms with E-state index in [9.17, 15) is 0 Å². The topological polar surface area (TPSA) is 82.3 Å². The molecule has 6 nitrogen and oxygen atoms in total. The quantitative estimate of drug-likeness (QED) is 0.865. The number of nitrogens with one attached hydrogen (secondary N) is 1. The second-order valence-electron chi connectivity index (χ2n) is 5.32. The molecule has 0 amide bonds. The van der Waals surface area contributed by atoms with Gasteiger partial charge in [0.05, 0.1) is 12.2 Å². The molecule has 0 spiro atoms. The summed E-state index contributed by atoms with van der Waals surface area (Å²) in [7, 11) is 0. The van der Waals surface area contributed by atoms with Crippen LogP contribution in [0.2, 0.25) is 0 Å². The van der Waals surface area contributed by atoms with Gasteiger partial charge < -0.3 is 20.5 Å². The third-order valence-corrected chi connectivity index (χ3v) is 3.17. The van der Waals surface area contributed by atoms with Crippen LogP contribution >= 0.6 is 0 Å². The average Bonchev–Trinajstić information content (AvgIpc) is 2.33. The van der Waals surface area contributed by atoms with Gasteiger partial charge in [-0.2, -0.15) is 4.98 Å². The van der Waals surface area contributed by atoms with E-state index in [2.05, 4.69) is 29.1 Å². The average molecular weight is 266 g/mol. The van der Waals surface area contributed by atoms with Crippen molar-refractivity contribution in [2.24, 2.45) is 0 Å². The molecule has 2 rings (SSSR count). The third kappa shape index (κ3) is 3.47. The van der Waals surface area contributed by atoms with Crippen LogP contribution in [0.5, 0.6) is 5.88 Å². The van der Waals surface area contributed by atoms with E-state index in [-0.39, 0.29) is 5.60 Å². The maximum Gasteiger partial charge on any atom is 0.242 e. The molecule has 1 unspecified atom stereocenters. The third-order valence-electron chi connectivity index (χ3n) is 3.17. The second kappa shape index (κ2) is 5.61. The van der Waals surface area contributed by atoms with Gasteiger partial charge in [-0.3, -0.25) is 0 Å². The van der Waals surface area contributed by atoms with Crippen LogP contribution < -0.4 is 15.8 Å². The number of rotatable bonds is 4. The summed E-state index contributed by atoms with van der Waals surface area (Å²) in [5.74, 6) is 1.08. The maximum absolute atomic E-state index is 6.01. The highest BCUT2D eigenvalue weighted by atomic mass is 16.5. The van der Waals surface area contributed by atoms with E-state index >= 15 is 0 Å². The molecular weight excluding hydrogens is 244 g/mol. The fraction of sp³-hybridized carbons (Fsp3) is 0.692. The molecule has 0 bridgehead atoms. The Kier molecular flexibility index (Phi) is 4.09. The van der Waals surface area contributed by atoms with Crippen molar-refractivity contribution in [1.29, 1.82) is 0 Å². The molecule has 1 saturated heterocycles. The molecule has 1 atom stereocenters. The lowest BCUT2D eigenvalue weighted by Gasteiger charge is -2.36. The highest BCUT2D eigenvalue weighted by Gasteiger charge is 2.29. The van der Waals surface area contributed by atoms with Gasteiger partial charge in [0, 0.05) is 12.6 Å². The summed E-state index contributed by atoms with van der Waals surface area (Å²) < 4.78 is 11.1. The van der Waals surface area contributed by atoms with Crippen LogP contribution in [0.15, 0.2) is 6.33 Å². The van der Waals surface area contributed by atoms with Crippen molar-refractivity contribution >= 4 is 11.5 Å². The Morgan fingerprint density at radius 1 is 1.53 bits per heavy atom. The fourth-order valence-corrected chi connectivity index (χ4v) is 2.29. The van der Waals surface area contributed by atoms with Crippen LogP contribution in [0.1, 0.15) is 33.6 Å².